The standard InChI is InChI=1S/C14H21NO/c1-10-6-12(3)13(7-11(10)2)14(4-5-15)8-16-9-14/h6-7H,4-5,8-9,15H2,1-3H3. The summed E-state index contributed by atoms with van der Waals surface area (Å²) in [6.45, 7) is 8.92. The average Bonchev–Trinajstić information content (AvgIpc) is 2.18. The Morgan fingerprint density at radius 2 is 1.75 bits per heavy atom. The molecule has 0 radical (unpaired) electrons. The lowest BCUT2D eigenvalue weighted by Crippen LogP contribution is -2.48. The van der Waals surface area contributed by atoms with E-state index in [0.717, 1.165) is 26.2 Å². The van der Waals surface area contributed by atoms with Crippen LogP contribution in [0.2, 0.25) is 0 Å². The fourth-order valence-corrected chi connectivity index (χ4v) is 2.59. The quantitative estimate of drug-likeness (QED) is 0.846. The second kappa shape index (κ2) is 4.19. The molecular weight excluding hydrogens is 198 g/mol. The van der Waals surface area contributed by atoms with Crippen LogP contribution >= 0.6 is 0 Å². The highest BCUT2D eigenvalue weighted by Crippen LogP contribution is 2.38. The molecule has 1 aliphatic heterocycles. The molecule has 2 heteroatoms. The molecule has 2 nitrogen and oxygen atoms in total. The molecule has 0 aromatic heterocycles. The van der Waals surface area contributed by atoms with E-state index in [-0.39, 0.29) is 5.41 Å². The molecule has 0 spiro atoms. The van der Waals surface area contributed by atoms with Gasteiger partial charge in [-0.2, -0.15) is 0 Å². The Labute approximate surface area is 97.8 Å². The molecule has 0 aliphatic carbocycles. The van der Waals surface area contributed by atoms with Gasteiger partial charge < -0.3 is 10.5 Å². The Hall–Kier alpha value is -0.860. The smallest absolute Gasteiger partial charge is 0.0586 e. The van der Waals surface area contributed by atoms with E-state index < -0.39 is 0 Å². The third-order valence-corrected chi connectivity index (χ3v) is 3.79. The highest BCUT2D eigenvalue weighted by Gasteiger charge is 2.40. The predicted octanol–water partition coefficient (Wildman–Crippen LogP) is 2.23. The van der Waals surface area contributed by atoms with Crippen LogP contribution in [0.3, 0.4) is 0 Å². The summed E-state index contributed by atoms with van der Waals surface area (Å²) in [6.07, 6.45) is 1.02. The van der Waals surface area contributed by atoms with Crippen molar-refractivity contribution in [1.29, 1.82) is 0 Å². The molecule has 0 atom stereocenters. The first-order chi connectivity index (χ1) is 7.59. The average molecular weight is 219 g/mol. The van der Waals surface area contributed by atoms with Crippen LogP contribution in [0.4, 0.5) is 0 Å². The Kier molecular flexibility index (Phi) is 3.04. The molecular formula is C14H21NO. The molecule has 2 rings (SSSR count). The summed E-state index contributed by atoms with van der Waals surface area (Å²) in [5, 5.41) is 0. The van der Waals surface area contributed by atoms with Crippen molar-refractivity contribution in [2.75, 3.05) is 19.8 Å². The zero-order valence-corrected chi connectivity index (χ0v) is 10.5. The molecule has 1 heterocycles. The van der Waals surface area contributed by atoms with Crippen molar-refractivity contribution >= 4 is 0 Å². The summed E-state index contributed by atoms with van der Waals surface area (Å²) in [6, 6.07) is 4.60. The van der Waals surface area contributed by atoms with Crippen LogP contribution in [0.5, 0.6) is 0 Å². The summed E-state index contributed by atoms with van der Waals surface area (Å²) in [4.78, 5) is 0. The van der Waals surface area contributed by atoms with Gasteiger partial charge in [0.05, 0.1) is 13.2 Å². The molecule has 1 aliphatic rings. The lowest BCUT2D eigenvalue weighted by atomic mass is 9.73. The maximum absolute atomic E-state index is 5.72. The summed E-state index contributed by atoms with van der Waals surface area (Å²) >= 11 is 0. The van der Waals surface area contributed by atoms with Gasteiger partial charge in [-0.25, -0.2) is 0 Å². The number of benzene rings is 1. The van der Waals surface area contributed by atoms with Gasteiger partial charge in [0, 0.05) is 5.41 Å². The van der Waals surface area contributed by atoms with E-state index in [9.17, 15) is 0 Å². The molecule has 0 unspecified atom stereocenters. The Bertz CT molecular complexity index is 394. The van der Waals surface area contributed by atoms with E-state index in [1.165, 1.54) is 22.3 Å². The predicted molar refractivity (Wildman–Crippen MR) is 66.8 cm³/mol. The van der Waals surface area contributed by atoms with E-state index in [1.54, 1.807) is 0 Å². The topological polar surface area (TPSA) is 35.2 Å². The largest absolute Gasteiger partial charge is 0.379 e. The van der Waals surface area contributed by atoms with E-state index in [4.69, 9.17) is 10.5 Å². The summed E-state index contributed by atoms with van der Waals surface area (Å²) in [5.41, 5.74) is 11.5. The lowest BCUT2D eigenvalue weighted by molar-refractivity contribution is -0.0634. The normalized spacial score (nSPS) is 18.2. The molecule has 1 aromatic carbocycles. The van der Waals surface area contributed by atoms with Crippen molar-refractivity contribution < 1.29 is 4.74 Å². The molecule has 2 N–H and O–H groups in total. The first-order valence-electron chi connectivity index (χ1n) is 5.95. The van der Waals surface area contributed by atoms with Gasteiger partial charge in [0.25, 0.3) is 0 Å². The van der Waals surface area contributed by atoms with E-state index in [2.05, 4.69) is 32.9 Å². The maximum atomic E-state index is 5.72. The third kappa shape index (κ3) is 1.76. The summed E-state index contributed by atoms with van der Waals surface area (Å²) < 4.78 is 5.41. The van der Waals surface area contributed by atoms with Crippen molar-refractivity contribution in [3.05, 3.63) is 34.4 Å². The van der Waals surface area contributed by atoms with Crippen molar-refractivity contribution in [3.63, 3.8) is 0 Å². The minimum Gasteiger partial charge on any atom is -0.379 e. The Balaban J connectivity index is 2.42. The van der Waals surface area contributed by atoms with Crippen molar-refractivity contribution in [3.8, 4) is 0 Å². The van der Waals surface area contributed by atoms with Crippen LogP contribution in [0, 0.1) is 20.8 Å². The molecule has 0 amide bonds. The van der Waals surface area contributed by atoms with Gasteiger partial charge in [-0.1, -0.05) is 12.1 Å². The summed E-state index contributed by atoms with van der Waals surface area (Å²) in [7, 11) is 0. The molecule has 1 aromatic rings. The van der Waals surface area contributed by atoms with E-state index in [1.807, 2.05) is 0 Å². The lowest BCUT2D eigenvalue weighted by Gasteiger charge is -2.43. The number of aryl methyl sites for hydroxylation is 3. The molecule has 1 saturated heterocycles. The molecule has 16 heavy (non-hydrogen) atoms. The molecule has 88 valence electrons. The molecule has 0 bridgehead atoms. The second-order valence-corrected chi connectivity index (χ2v) is 5.06. The van der Waals surface area contributed by atoms with Crippen LogP contribution in [0.1, 0.15) is 28.7 Å². The number of hydrogen-bond donors (Lipinski definition) is 1. The van der Waals surface area contributed by atoms with Crippen molar-refractivity contribution in [2.45, 2.75) is 32.6 Å². The number of hydrogen-bond acceptors (Lipinski definition) is 2. The number of ether oxygens (including phenoxy) is 1. The zero-order valence-electron chi connectivity index (χ0n) is 10.5. The van der Waals surface area contributed by atoms with E-state index in [0.29, 0.717) is 0 Å². The minimum atomic E-state index is 0.192. The highest BCUT2D eigenvalue weighted by atomic mass is 16.5. The fraction of sp³-hybridized carbons (Fsp3) is 0.571. The number of rotatable bonds is 3. The molecule has 1 fully saturated rings. The van der Waals surface area contributed by atoms with Crippen LogP contribution in [-0.4, -0.2) is 19.8 Å². The minimum absolute atomic E-state index is 0.192. The fourth-order valence-electron chi connectivity index (χ4n) is 2.59. The van der Waals surface area contributed by atoms with Gasteiger partial charge in [-0.05, 0) is 56.0 Å². The van der Waals surface area contributed by atoms with Crippen LogP contribution in [-0.2, 0) is 10.2 Å². The first-order valence-corrected chi connectivity index (χ1v) is 5.95. The Morgan fingerprint density at radius 3 is 2.25 bits per heavy atom. The SMILES string of the molecule is Cc1cc(C)c(C2(CCN)COC2)cc1C. The van der Waals surface area contributed by atoms with E-state index >= 15 is 0 Å². The van der Waals surface area contributed by atoms with Gasteiger partial charge in [0.15, 0.2) is 0 Å². The second-order valence-electron chi connectivity index (χ2n) is 5.06. The van der Waals surface area contributed by atoms with Crippen molar-refractivity contribution in [1.82, 2.24) is 0 Å². The third-order valence-electron chi connectivity index (χ3n) is 3.79. The van der Waals surface area contributed by atoms with Crippen LogP contribution in [0.25, 0.3) is 0 Å². The first kappa shape index (κ1) is 11.6. The van der Waals surface area contributed by atoms with Gasteiger partial charge in [0.2, 0.25) is 0 Å². The van der Waals surface area contributed by atoms with Crippen LogP contribution < -0.4 is 5.73 Å². The van der Waals surface area contributed by atoms with Crippen LogP contribution in [0.15, 0.2) is 12.1 Å². The monoisotopic (exact) mass is 219 g/mol. The van der Waals surface area contributed by atoms with Gasteiger partial charge in [0.1, 0.15) is 0 Å². The van der Waals surface area contributed by atoms with Crippen molar-refractivity contribution in [2.24, 2.45) is 5.73 Å². The number of nitrogens with two attached hydrogens (primary N) is 1. The molecule has 0 saturated carbocycles. The summed E-state index contributed by atoms with van der Waals surface area (Å²) in [5.74, 6) is 0. The Morgan fingerprint density at radius 1 is 1.12 bits per heavy atom. The van der Waals surface area contributed by atoms with Gasteiger partial charge in [-0.3, -0.25) is 0 Å². The maximum Gasteiger partial charge on any atom is 0.0586 e. The highest BCUT2D eigenvalue weighted by molar-refractivity contribution is 5.42. The van der Waals surface area contributed by atoms with Gasteiger partial charge in [-0.15, -0.1) is 0 Å². The van der Waals surface area contributed by atoms with Gasteiger partial charge >= 0.3 is 0 Å². The zero-order chi connectivity index (χ0) is 11.8.